The van der Waals surface area contributed by atoms with Crippen molar-refractivity contribution in [1.29, 1.82) is 0 Å². The van der Waals surface area contributed by atoms with Gasteiger partial charge >= 0.3 is 0 Å². The van der Waals surface area contributed by atoms with E-state index in [0.717, 1.165) is 21.7 Å². The van der Waals surface area contributed by atoms with E-state index in [9.17, 15) is 4.39 Å². The molecule has 6 heteroatoms. The lowest BCUT2D eigenvalue weighted by atomic mass is 10.2. The summed E-state index contributed by atoms with van der Waals surface area (Å²) in [6, 6.07) is 4.48. The maximum Gasteiger partial charge on any atom is 0.125 e. The molecule has 0 aliphatic carbocycles. The summed E-state index contributed by atoms with van der Waals surface area (Å²) in [5.74, 6) is 0.232. The van der Waals surface area contributed by atoms with Gasteiger partial charge in [-0.2, -0.15) is 10.2 Å². The first-order valence-corrected chi connectivity index (χ1v) is 7.38. The predicted octanol–water partition coefficient (Wildman–Crippen LogP) is 2.32. The van der Waals surface area contributed by atoms with Crippen molar-refractivity contribution >= 4 is 29.9 Å². The summed E-state index contributed by atoms with van der Waals surface area (Å²) < 4.78 is 13.3. The van der Waals surface area contributed by atoms with Crippen LogP contribution in [0.2, 0.25) is 0 Å². The maximum absolute atomic E-state index is 13.3. The molecule has 0 aliphatic rings. The molecule has 0 unspecified atom stereocenters. The number of nitrogens with zero attached hydrogens (tertiary/aromatic N) is 3. The van der Waals surface area contributed by atoms with Crippen LogP contribution in [-0.2, 0) is 0 Å². The highest BCUT2D eigenvalue weighted by atomic mass is 19.1. The van der Waals surface area contributed by atoms with Gasteiger partial charge in [-0.05, 0) is 50.1 Å². The first kappa shape index (κ1) is 17.3. The Balaban J connectivity index is 2.13. The molecule has 0 aliphatic heterocycles. The Bertz CT molecular complexity index is 921. The summed E-state index contributed by atoms with van der Waals surface area (Å²) in [6.07, 6.45) is 3.52. The average molecular weight is 325 g/mol. The average Bonchev–Trinajstić information content (AvgIpc) is 2.93. The molecule has 0 radical (unpaired) electrons. The summed E-state index contributed by atoms with van der Waals surface area (Å²) >= 11 is 0. The number of H-pyrrole nitrogens is 1. The van der Waals surface area contributed by atoms with Gasteiger partial charge in [-0.1, -0.05) is 19.2 Å². The smallest absolute Gasteiger partial charge is 0.125 e. The molecule has 1 aromatic carbocycles. The molecular formula is C18H20FN5. The van der Waals surface area contributed by atoms with Crippen molar-refractivity contribution in [1.82, 2.24) is 15.6 Å². The molecule has 1 heterocycles. The normalized spacial score (nSPS) is 13.2. The zero-order valence-corrected chi connectivity index (χ0v) is 14.0. The molecule has 0 bridgehead atoms. The standard InChI is InChI=1S/C18H20FN5/c1-11-6-7-17(19)9-18(11)21-15(5)24-23-13(3)12(2)8-16-10-20-22-14(16)4/h6-10,22H,2,4H2,1,3,5H3,(H,21,24). The van der Waals surface area contributed by atoms with E-state index in [4.69, 9.17) is 0 Å². The lowest BCUT2D eigenvalue weighted by Crippen LogP contribution is -2.21. The third-order valence-corrected chi connectivity index (χ3v) is 3.39. The number of benzene rings is 1. The Morgan fingerprint density at radius 2 is 2.12 bits per heavy atom. The van der Waals surface area contributed by atoms with Gasteiger partial charge in [-0.3, -0.25) is 10.5 Å². The van der Waals surface area contributed by atoms with Crippen LogP contribution in [-0.4, -0.2) is 21.7 Å². The van der Waals surface area contributed by atoms with Gasteiger partial charge in [0, 0.05) is 5.22 Å². The van der Waals surface area contributed by atoms with Crippen molar-refractivity contribution in [2.45, 2.75) is 20.8 Å². The molecule has 24 heavy (non-hydrogen) atoms. The highest BCUT2D eigenvalue weighted by molar-refractivity contribution is 6.05. The van der Waals surface area contributed by atoms with E-state index >= 15 is 0 Å². The number of aromatic amines is 1. The Morgan fingerprint density at radius 1 is 1.38 bits per heavy atom. The topological polar surface area (TPSA) is 65.4 Å². The van der Waals surface area contributed by atoms with Crippen LogP contribution in [0.15, 0.2) is 46.6 Å². The number of hydrogen-bond acceptors (Lipinski definition) is 3. The van der Waals surface area contributed by atoms with Crippen LogP contribution in [0.25, 0.3) is 12.7 Å². The predicted molar refractivity (Wildman–Crippen MR) is 97.1 cm³/mol. The van der Waals surface area contributed by atoms with Gasteiger partial charge in [0.15, 0.2) is 0 Å². The molecule has 0 saturated heterocycles. The van der Waals surface area contributed by atoms with Crippen LogP contribution in [0.5, 0.6) is 0 Å². The fraction of sp³-hybridized carbons (Fsp3) is 0.167. The van der Waals surface area contributed by atoms with Crippen LogP contribution < -0.4 is 16.0 Å². The molecule has 1 aromatic heterocycles. The van der Waals surface area contributed by atoms with E-state index in [1.165, 1.54) is 12.1 Å². The van der Waals surface area contributed by atoms with E-state index < -0.39 is 0 Å². The van der Waals surface area contributed by atoms with Gasteiger partial charge in [0.05, 0.1) is 22.9 Å². The molecule has 0 amide bonds. The van der Waals surface area contributed by atoms with Crippen molar-refractivity contribution in [3.05, 3.63) is 58.5 Å². The number of aliphatic imine (C=N–C) groups is 1. The minimum atomic E-state index is -0.320. The Morgan fingerprint density at radius 3 is 2.79 bits per heavy atom. The van der Waals surface area contributed by atoms with E-state index in [-0.39, 0.29) is 5.82 Å². The Hall–Kier alpha value is -3.02. The molecule has 0 spiro atoms. The zero-order chi connectivity index (χ0) is 17.7. The van der Waals surface area contributed by atoms with E-state index in [0.29, 0.717) is 17.2 Å². The Kier molecular flexibility index (Phi) is 5.42. The number of amidine groups is 1. The minimum absolute atomic E-state index is 0.320. The summed E-state index contributed by atoms with van der Waals surface area (Å²) in [4.78, 5) is 4.33. The largest absolute Gasteiger partial charge is 0.278 e. The molecule has 0 saturated carbocycles. The lowest BCUT2D eigenvalue weighted by Gasteiger charge is -2.05. The summed E-state index contributed by atoms with van der Waals surface area (Å²) in [5, 5.41) is 12.5. The fourth-order valence-corrected chi connectivity index (χ4v) is 1.88. The summed E-state index contributed by atoms with van der Waals surface area (Å²) in [5.41, 5.74) is 5.73. The summed E-state index contributed by atoms with van der Waals surface area (Å²) in [7, 11) is 0. The van der Waals surface area contributed by atoms with Crippen molar-refractivity contribution < 1.29 is 4.39 Å². The minimum Gasteiger partial charge on any atom is -0.278 e. The van der Waals surface area contributed by atoms with E-state index in [1.807, 2.05) is 19.9 Å². The van der Waals surface area contributed by atoms with Crippen LogP contribution in [0.4, 0.5) is 10.1 Å². The quantitative estimate of drug-likeness (QED) is 0.515. The van der Waals surface area contributed by atoms with Gasteiger partial charge in [0.25, 0.3) is 0 Å². The van der Waals surface area contributed by atoms with Crippen LogP contribution >= 0.6 is 0 Å². The van der Waals surface area contributed by atoms with Gasteiger partial charge in [0.1, 0.15) is 11.7 Å². The number of rotatable bonds is 4. The number of aromatic nitrogens is 2. The number of allylic oxidation sites excluding steroid dienone is 1. The first-order chi connectivity index (χ1) is 11.4. The van der Waals surface area contributed by atoms with E-state index in [1.54, 1.807) is 19.2 Å². The number of halogens is 1. The number of aryl methyl sites for hydroxylation is 1. The van der Waals surface area contributed by atoms with Crippen LogP contribution in [0.3, 0.4) is 0 Å². The monoisotopic (exact) mass is 325 g/mol. The van der Waals surface area contributed by atoms with Crippen molar-refractivity contribution in [2.75, 3.05) is 0 Å². The van der Waals surface area contributed by atoms with E-state index in [2.05, 4.69) is 38.9 Å². The second-order valence-corrected chi connectivity index (χ2v) is 5.41. The van der Waals surface area contributed by atoms with Gasteiger partial charge in [0.2, 0.25) is 0 Å². The SMILES string of the molecule is C=C(C=c1cn[nH]c1=C)C(C)=NNC(C)=Nc1cc(F)ccc1C. The first-order valence-electron chi connectivity index (χ1n) is 7.38. The zero-order valence-electron chi connectivity index (χ0n) is 14.0. The molecule has 2 rings (SSSR count). The van der Waals surface area contributed by atoms with Crippen molar-refractivity contribution in [3.8, 4) is 0 Å². The molecular weight excluding hydrogens is 305 g/mol. The maximum atomic E-state index is 13.3. The van der Waals surface area contributed by atoms with Gasteiger partial charge < -0.3 is 0 Å². The third-order valence-electron chi connectivity index (χ3n) is 3.39. The van der Waals surface area contributed by atoms with Crippen molar-refractivity contribution in [2.24, 2.45) is 10.1 Å². The second kappa shape index (κ2) is 7.50. The van der Waals surface area contributed by atoms with Gasteiger partial charge in [-0.15, -0.1) is 0 Å². The Labute approximate surface area is 140 Å². The second-order valence-electron chi connectivity index (χ2n) is 5.41. The number of hydrogen-bond donors (Lipinski definition) is 2. The molecule has 0 atom stereocenters. The fourth-order valence-electron chi connectivity index (χ4n) is 1.88. The van der Waals surface area contributed by atoms with Crippen molar-refractivity contribution in [3.63, 3.8) is 0 Å². The molecule has 2 aromatic rings. The molecule has 124 valence electrons. The number of nitrogens with one attached hydrogen (secondary N) is 2. The number of hydrazone groups is 1. The summed E-state index contributed by atoms with van der Waals surface area (Å²) in [6.45, 7) is 13.3. The molecule has 2 N–H and O–H groups in total. The van der Waals surface area contributed by atoms with Gasteiger partial charge in [-0.25, -0.2) is 9.38 Å². The highest BCUT2D eigenvalue weighted by Crippen LogP contribution is 2.19. The molecule has 0 fully saturated rings. The third kappa shape index (κ3) is 4.49. The molecule has 5 nitrogen and oxygen atoms in total. The van der Waals surface area contributed by atoms with Crippen LogP contribution in [0, 0.1) is 12.7 Å². The lowest BCUT2D eigenvalue weighted by molar-refractivity contribution is 0.628. The highest BCUT2D eigenvalue weighted by Gasteiger charge is 2.00. The van der Waals surface area contributed by atoms with Crippen LogP contribution in [0.1, 0.15) is 19.4 Å².